The molecular formula is C28H30FN5O2. The predicted molar refractivity (Wildman–Crippen MR) is 137 cm³/mol. The number of hydrogen-bond acceptors (Lipinski definition) is 5. The van der Waals surface area contributed by atoms with Crippen LogP contribution < -0.4 is 10.5 Å². The highest BCUT2D eigenvalue weighted by molar-refractivity contribution is 5.83. The molecule has 7 nitrogen and oxygen atoms in total. The van der Waals surface area contributed by atoms with Crippen LogP contribution >= 0.6 is 0 Å². The molecule has 3 heterocycles. The second-order valence-electron chi connectivity index (χ2n) is 9.29. The van der Waals surface area contributed by atoms with E-state index >= 15 is 0 Å². The van der Waals surface area contributed by atoms with Crippen molar-refractivity contribution in [2.24, 2.45) is 5.73 Å². The Hall–Kier alpha value is -3.75. The number of aryl methyl sites for hydroxylation is 1. The van der Waals surface area contributed by atoms with Gasteiger partial charge in [-0.2, -0.15) is 0 Å². The molecule has 0 unspecified atom stereocenters. The van der Waals surface area contributed by atoms with Crippen molar-refractivity contribution in [2.45, 2.75) is 25.9 Å². The SMILES string of the molecule is Cc1cc2c(Oc3ccc(C[C@H](N)C(=O)N4CCN(Cc5ccccc5)CC4)cc3F)ccnc2[nH]1. The first-order chi connectivity index (χ1) is 17.5. The lowest BCUT2D eigenvalue weighted by molar-refractivity contribution is -0.134. The van der Waals surface area contributed by atoms with Crippen LogP contribution in [0.25, 0.3) is 11.0 Å². The van der Waals surface area contributed by atoms with Crippen LogP contribution in [0.1, 0.15) is 16.8 Å². The maximum atomic E-state index is 14.9. The maximum absolute atomic E-state index is 14.9. The number of amides is 1. The second kappa shape index (κ2) is 10.5. The zero-order valence-corrected chi connectivity index (χ0v) is 20.3. The Kier molecular flexibility index (Phi) is 6.97. The Bertz CT molecular complexity index is 1350. The van der Waals surface area contributed by atoms with Crippen LogP contribution in [0.5, 0.6) is 11.5 Å². The number of benzene rings is 2. The summed E-state index contributed by atoms with van der Waals surface area (Å²) in [6, 6.07) is 17.9. The third kappa shape index (κ3) is 5.40. The zero-order chi connectivity index (χ0) is 25.1. The van der Waals surface area contributed by atoms with Gasteiger partial charge in [0.15, 0.2) is 11.6 Å². The van der Waals surface area contributed by atoms with Crippen LogP contribution in [0.15, 0.2) is 66.9 Å². The van der Waals surface area contributed by atoms with E-state index in [0.29, 0.717) is 30.0 Å². The first-order valence-corrected chi connectivity index (χ1v) is 12.2. The Morgan fingerprint density at radius 2 is 1.83 bits per heavy atom. The van der Waals surface area contributed by atoms with Gasteiger partial charge in [0.05, 0.1) is 11.4 Å². The Balaban J connectivity index is 1.17. The first-order valence-electron chi connectivity index (χ1n) is 12.2. The topological polar surface area (TPSA) is 87.5 Å². The summed E-state index contributed by atoms with van der Waals surface area (Å²) < 4.78 is 20.7. The van der Waals surface area contributed by atoms with Crippen molar-refractivity contribution in [3.05, 3.63) is 89.5 Å². The monoisotopic (exact) mass is 487 g/mol. The molecule has 3 N–H and O–H groups in total. The van der Waals surface area contributed by atoms with Crippen molar-refractivity contribution in [3.8, 4) is 11.5 Å². The molecule has 36 heavy (non-hydrogen) atoms. The van der Waals surface area contributed by atoms with Gasteiger partial charge in [-0.1, -0.05) is 36.4 Å². The van der Waals surface area contributed by atoms with Crippen LogP contribution in [0.4, 0.5) is 4.39 Å². The number of ether oxygens (including phenoxy) is 1. The Morgan fingerprint density at radius 1 is 1.06 bits per heavy atom. The number of rotatable bonds is 7. The van der Waals surface area contributed by atoms with E-state index < -0.39 is 11.9 Å². The molecule has 0 bridgehead atoms. The van der Waals surface area contributed by atoms with Crippen molar-refractivity contribution in [2.75, 3.05) is 26.2 Å². The summed E-state index contributed by atoms with van der Waals surface area (Å²) in [6.45, 7) is 5.68. The molecule has 8 heteroatoms. The fourth-order valence-electron chi connectivity index (χ4n) is 4.64. The van der Waals surface area contributed by atoms with Gasteiger partial charge in [0.1, 0.15) is 11.4 Å². The van der Waals surface area contributed by atoms with Gasteiger partial charge in [0.2, 0.25) is 5.91 Å². The number of pyridine rings is 1. The summed E-state index contributed by atoms with van der Waals surface area (Å²) in [5.74, 6) is 0.0322. The van der Waals surface area contributed by atoms with Crippen LogP contribution in [0.3, 0.4) is 0 Å². The summed E-state index contributed by atoms with van der Waals surface area (Å²) in [4.78, 5) is 24.5. The van der Waals surface area contributed by atoms with Gasteiger partial charge in [0, 0.05) is 44.6 Å². The zero-order valence-electron chi connectivity index (χ0n) is 20.3. The van der Waals surface area contributed by atoms with Gasteiger partial charge >= 0.3 is 0 Å². The molecule has 1 saturated heterocycles. The number of aromatic nitrogens is 2. The van der Waals surface area contributed by atoms with Crippen molar-refractivity contribution in [1.29, 1.82) is 0 Å². The van der Waals surface area contributed by atoms with E-state index in [-0.39, 0.29) is 18.1 Å². The van der Waals surface area contributed by atoms with Crippen molar-refractivity contribution >= 4 is 16.9 Å². The lowest BCUT2D eigenvalue weighted by Crippen LogP contribution is -2.53. The highest BCUT2D eigenvalue weighted by Gasteiger charge is 2.25. The molecular weight excluding hydrogens is 457 g/mol. The van der Waals surface area contributed by atoms with E-state index in [9.17, 15) is 9.18 Å². The van der Waals surface area contributed by atoms with E-state index in [1.54, 1.807) is 24.4 Å². The quantitative estimate of drug-likeness (QED) is 0.411. The standard InChI is InChI=1S/C28H30FN5O2/c1-19-15-22-25(9-10-31-27(22)32-19)36-26-8-7-21(16-23(26)29)17-24(30)28(35)34-13-11-33(12-14-34)18-20-5-3-2-4-6-20/h2-10,15-16,24H,11-14,17-18,30H2,1H3,(H,31,32)/t24-/m0/s1. The molecule has 0 spiro atoms. The second-order valence-corrected chi connectivity index (χ2v) is 9.29. The van der Waals surface area contributed by atoms with Gasteiger partial charge in [0.25, 0.3) is 0 Å². The molecule has 186 valence electrons. The third-order valence-corrected chi connectivity index (χ3v) is 6.55. The number of nitrogens with zero attached hydrogens (tertiary/aromatic N) is 3. The molecule has 0 saturated carbocycles. The molecule has 2 aromatic heterocycles. The van der Waals surface area contributed by atoms with Crippen LogP contribution in [-0.2, 0) is 17.8 Å². The lowest BCUT2D eigenvalue weighted by Gasteiger charge is -2.36. The summed E-state index contributed by atoms with van der Waals surface area (Å²) in [6.07, 6.45) is 1.88. The fraction of sp³-hybridized carbons (Fsp3) is 0.286. The first kappa shape index (κ1) is 24.0. The molecule has 0 radical (unpaired) electrons. The number of halogens is 1. The van der Waals surface area contributed by atoms with Crippen LogP contribution in [-0.4, -0.2) is 57.9 Å². The van der Waals surface area contributed by atoms with Crippen molar-refractivity contribution < 1.29 is 13.9 Å². The van der Waals surface area contributed by atoms with Crippen molar-refractivity contribution in [1.82, 2.24) is 19.8 Å². The van der Waals surface area contributed by atoms with Crippen LogP contribution in [0, 0.1) is 12.7 Å². The highest BCUT2D eigenvalue weighted by Crippen LogP contribution is 2.31. The number of nitrogens with two attached hydrogens (primary N) is 1. The molecule has 1 aliphatic heterocycles. The van der Waals surface area contributed by atoms with Gasteiger partial charge in [-0.05, 0) is 48.7 Å². The Labute approximate surface area is 209 Å². The number of carbonyl (C=O) groups excluding carboxylic acids is 1. The molecule has 1 aliphatic rings. The molecule has 1 fully saturated rings. The number of carbonyl (C=O) groups is 1. The third-order valence-electron chi connectivity index (χ3n) is 6.55. The summed E-state index contributed by atoms with van der Waals surface area (Å²) in [7, 11) is 0. The van der Waals surface area contributed by atoms with Gasteiger partial charge in [-0.25, -0.2) is 9.37 Å². The largest absolute Gasteiger partial charge is 0.453 e. The van der Waals surface area contributed by atoms with Crippen LogP contribution in [0.2, 0.25) is 0 Å². The number of H-pyrrole nitrogens is 1. The summed E-state index contributed by atoms with van der Waals surface area (Å²) in [5.41, 5.74) is 9.80. The van der Waals surface area contributed by atoms with Gasteiger partial charge < -0.3 is 20.4 Å². The minimum absolute atomic E-state index is 0.0999. The van der Waals surface area contributed by atoms with Gasteiger partial charge in [-0.3, -0.25) is 9.69 Å². The summed E-state index contributed by atoms with van der Waals surface area (Å²) >= 11 is 0. The average molecular weight is 488 g/mol. The lowest BCUT2D eigenvalue weighted by atomic mass is 10.0. The number of piperazine rings is 1. The molecule has 5 rings (SSSR count). The average Bonchev–Trinajstić information content (AvgIpc) is 3.27. The number of aromatic amines is 1. The van der Waals surface area contributed by atoms with E-state index in [1.807, 2.05) is 36.1 Å². The Morgan fingerprint density at radius 3 is 2.58 bits per heavy atom. The number of nitrogens with one attached hydrogen (secondary N) is 1. The number of fused-ring (bicyclic) bond motifs is 1. The highest BCUT2D eigenvalue weighted by atomic mass is 19.1. The van der Waals surface area contributed by atoms with E-state index in [2.05, 4.69) is 27.0 Å². The summed E-state index contributed by atoms with van der Waals surface area (Å²) in [5, 5.41) is 0.787. The predicted octanol–water partition coefficient (Wildman–Crippen LogP) is 4.02. The van der Waals surface area contributed by atoms with Crippen molar-refractivity contribution in [3.63, 3.8) is 0 Å². The molecule has 1 amide bonds. The molecule has 4 aromatic rings. The fourth-order valence-corrected chi connectivity index (χ4v) is 4.64. The molecule has 2 aromatic carbocycles. The minimum atomic E-state index is -0.723. The maximum Gasteiger partial charge on any atom is 0.239 e. The normalized spacial score (nSPS) is 15.2. The smallest absolute Gasteiger partial charge is 0.239 e. The number of hydrogen-bond donors (Lipinski definition) is 2. The van der Waals surface area contributed by atoms with E-state index in [4.69, 9.17) is 10.5 Å². The molecule has 0 aliphatic carbocycles. The van der Waals surface area contributed by atoms with Gasteiger partial charge in [-0.15, -0.1) is 0 Å². The van der Waals surface area contributed by atoms with E-state index in [1.165, 1.54) is 11.6 Å². The minimum Gasteiger partial charge on any atom is -0.453 e. The van der Waals surface area contributed by atoms with E-state index in [0.717, 1.165) is 30.7 Å². The molecule has 1 atom stereocenters.